The average molecular weight is 391 g/mol. The number of nitrogens with one attached hydrogen (secondary N) is 2. The Hall–Kier alpha value is -2.37. The summed E-state index contributed by atoms with van der Waals surface area (Å²) in [5.41, 5.74) is 4.37. The van der Waals surface area contributed by atoms with Gasteiger partial charge in [0.15, 0.2) is 0 Å². The molecule has 2 aromatic rings. The minimum atomic E-state index is -4.61. The summed E-state index contributed by atoms with van der Waals surface area (Å²) in [6.07, 6.45) is -4.61. The van der Waals surface area contributed by atoms with Gasteiger partial charge in [-0.05, 0) is 37.7 Å². The maximum Gasteiger partial charge on any atom is 0.416 e. The fourth-order valence-corrected chi connectivity index (χ4v) is 2.87. The van der Waals surface area contributed by atoms with Crippen LogP contribution in [0, 0.1) is 6.92 Å². The average Bonchev–Trinajstić information content (AvgIpc) is 2.96. The van der Waals surface area contributed by atoms with E-state index in [0.29, 0.717) is 0 Å². The second-order valence-corrected chi connectivity index (χ2v) is 7.13. The van der Waals surface area contributed by atoms with Crippen LogP contribution in [-0.2, 0) is 22.7 Å². The van der Waals surface area contributed by atoms with E-state index in [9.17, 15) is 26.4 Å². The molecule has 0 spiro atoms. The van der Waals surface area contributed by atoms with Gasteiger partial charge in [-0.2, -0.15) is 13.2 Å². The molecule has 0 saturated carbocycles. The van der Waals surface area contributed by atoms with Crippen LogP contribution in [0.4, 0.5) is 18.9 Å². The minimum Gasteiger partial charge on any atom is -0.448 e. The van der Waals surface area contributed by atoms with Crippen LogP contribution in [0.25, 0.3) is 0 Å². The lowest BCUT2D eigenvalue weighted by Crippen LogP contribution is -2.18. The first-order valence-electron chi connectivity index (χ1n) is 7.24. The molecule has 0 bridgehead atoms. The number of amides is 1. The first kappa shape index (κ1) is 19.9. The van der Waals surface area contributed by atoms with Crippen LogP contribution in [-0.4, -0.2) is 21.4 Å². The van der Waals surface area contributed by atoms with Crippen molar-refractivity contribution >= 4 is 21.6 Å². The Labute approximate surface area is 147 Å². The third kappa shape index (κ3) is 4.23. The number of anilines is 1. The highest BCUT2D eigenvalue weighted by atomic mass is 32.2. The lowest BCUT2D eigenvalue weighted by atomic mass is 10.1. The van der Waals surface area contributed by atoms with Crippen molar-refractivity contribution in [3.8, 4) is 0 Å². The number of carbonyl (C=O) groups is 1. The molecule has 0 aliphatic heterocycles. The van der Waals surface area contributed by atoms with Gasteiger partial charge >= 0.3 is 6.18 Å². The standard InChI is InChI=1S/C15H16F3N3O4S/c1-8-12(6-13(25-8)26(23,24)20-2)14(22)21-11-4-9(7-19)3-10(5-11)15(16,17)18/h3-6,20H,7,19H2,1-2H3,(H,21,22). The highest BCUT2D eigenvalue weighted by Crippen LogP contribution is 2.32. The Morgan fingerprint density at radius 2 is 1.88 bits per heavy atom. The molecular formula is C15H16F3N3O4S. The SMILES string of the molecule is CNS(=O)(=O)c1cc(C(=O)Nc2cc(CN)cc(C(F)(F)F)c2)c(C)o1. The summed E-state index contributed by atoms with van der Waals surface area (Å²) in [7, 11) is -2.73. The molecule has 0 aliphatic rings. The van der Waals surface area contributed by atoms with E-state index in [1.54, 1.807) is 0 Å². The number of carbonyl (C=O) groups excluding carboxylic acids is 1. The molecule has 0 unspecified atom stereocenters. The zero-order valence-electron chi connectivity index (χ0n) is 13.8. The molecule has 1 heterocycles. The Balaban J connectivity index is 2.36. The quantitative estimate of drug-likeness (QED) is 0.723. The van der Waals surface area contributed by atoms with E-state index in [2.05, 4.69) is 5.32 Å². The summed E-state index contributed by atoms with van der Waals surface area (Å²) in [6.45, 7) is 1.21. The second-order valence-electron chi connectivity index (χ2n) is 5.32. The van der Waals surface area contributed by atoms with E-state index in [1.807, 2.05) is 4.72 Å². The molecule has 11 heteroatoms. The number of alkyl halides is 3. The molecule has 142 valence electrons. The molecule has 1 amide bonds. The van der Waals surface area contributed by atoms with E-state index in [-0.39, 0.29) is 29.1 Å². The van der Waals surface area contributed by atoms with Gasteiger partial charge in [0.05, 0.1) is 11.1 Å². The topological polar surface area (TPSA) is 114 Å². The summed E-state index contributed by atoms with van der Waals surface area (Å²) in [5.74, 6) is -0.812. The monoisotopic (exact) mass is 391 g/mol. The number of hydrogen-bond donors (Lipinski definition) is 3. The Morgan fingerprint density at radius 3 is 2.42 bits per heavy atom. The lowest BCUT2D eigenvalue weighted by molar-refractivity contribution is -0.137. The van der Waals surface area contributed by atoms with Crippen molar-refractivity contribution in [1.29, 1.82) is 0 Å². The predicted molar refractivity (Wildman–Crippen MR) is 87.0 cm³/mol. The normalized spacial score (nSPS) is 12.2. The fourth-order valence-electron chi connectivity index (χ4n) is 2.16. The van der Waals surface area contributed by atoms with E-state index in [4.69, 9.17) is 10.2 Å². The van der Waals surface area contributed by atoms with Gasteiger partial charge in [-0.1, -0.05) is 0 Å². The lowest BCUT2D eigenvalue weighted by Gasteiger charge is -2.12. The van der Waals surface area contributed by atoms with Gasteiger partial charge in [0, 0.05) is 18.3 Å². The molecule has 0 saturated heterocycles. The molecule has 26 heavy (non-hydrogen) atoms. The Morgan fingerprint density at radius 1 is 1.23 bits per heavy atom. The molecule has 0 atom stereocenters. The molecule has 0 fully saturated rings. The van der Waals surface area contributed by atoms with Crippen LogP contribution >= 0.6 is 0 Å². The fraction of sp³-hybridized carbons (Fsp3) is 0.267. The molecule has 4 N–H and O–H groups in total. The van der Waals surface area contributed by atoms with Crippen molar-refractivity contribution in [3.63, 3.8) is 0 Å². The maximum atomic E-state index is 12.9. The molecule has 0 aliphatic carbocycles. The third-order valence-electron chi connectivity index (χ3n) is 3.49. The Kier molecular flexibility index (Phi) is 5.44. The van der Waals surface area contributed by atoms with Crippen LogP contribution in [0.5, 0.6) is 0 Å². The largest absolute Gasteiger partial charge is 0.448 e. The number of halogens is 3. The third-order valence-corrected chi connectivity index (χ3v) is 4.76. The van der Waals surface area contributed by atoms with Gasteiger partial charge in [0.25, 0.3) is 15.9 Å². The molecule has 2 rings (SSSR count). The molecule has 1 aromatic heterocycles. The van der Waals surface area contributed by atoms with Crippen LogP contribution < -0.4 is 15.8 Å². The first-order chi connectivity index (χ1) is 12.0. The van der Waals surface area contributed by atoms with E-state index in [1.165, 1.54) is 20.0 Å². The number of sulfonamides is 1. The van der Waals surface area contributed by atoms with Gasteiger partial charge in [0.1, 0.15) is 5.76 Å². The number of hydrogen-bond acceptors (Lipinski definition) is 5. The Bertz CT molecular complexity index is 936. The van der Waals surface area contributed by atoms with Crippen molar-refractivity contribution in [2.24, 2.45) is 5.73 Å². The zero-order chi connectivity index (χ0) is 19.7. The van der Waals surface area contributed by atoms with Crippen LogP contribution in [0.2, 0.25) is 0 Å². The van der Waals surface area contributed by atoms with Gasteiger partial charge in [-0.15, -0.1) is 0 Å². The number of aryl methyl sites for hydroxylation is 1. The van der Waals surface area contributed by atoms with Crippen molar-refractivity contribution in [3.05, 3.63) is 46.7 Å². The smallest absolute Gasteiger partial charge is 0.416 e. The van der Waals surface area contributed by atoms with E-state index >= 15 is 0 Å². The molecule has 0 radical (unpaired) electrons. The van der Waals surface area contributed by atoms with Crippen LogP contribution in [0.1, 0.15) is 27.2 Å². The van der Waals surface area contributed by atoms with Crippen molar-refractivity contribution < 1.29 is 30.8 Å². The maximum absolute atomic E-state index is 12.9. The van der Waals surface area contributed by atoms with Crippen molar-refractivity contribution in [2.45, 2.75) is 24.7 Å². The zero-order valence-corrected chi connectivity index (χ0v) is 14.6. The summed E-state index contributed by atoms with van der Waals surface area (Å²) >= 11 is 0. The molecule has 7 nitrogen and oxygen atoms in total. The molecular weight excluding hydrogens is 375 g/mol. The van der Waals surface area contributed by atoms with Gasteiger partial charge in [-0.3, -0.25) is 4.79 Å². The molecule has 1 aromatic carbocycles. The predicted octanol–water partition coefficient (Wildman–Crippen LogP) is 2.23. The second kappa shape index (κ2) is 7.09. The van der Waals surface area contributed by atoms with Crippen molar-refractivity contribution in [1.82, 2.24) is 4.72 Å². The summed E-state index contributed by atoms with van der Waals surface area (Å²) in [6, 6.07) is 3.94. The summed E-state index contributed by atoms with van der Waals surface area (Å²) in [5, 5.41) is 1.82. The number of rotatable bonds is 5. The van der Waals surface area contributed by atoms with Gasteiger partial charge in [0.2, 0.25) is 5.09 Å². The summed E-state index contributed by atoms with van der Waals surface area (Å²) < 4.78 is 69.3. The van der Waals surface area contributed by atoms with E-state index in [0.717, 1.165) is 18.2 Å². The number of nitrogens with two attached hydrogens (primary N) is 1. The highest BCUT2D eigenvalue weighted by molar-refractivity contribution is 7.89. The first-order valence-corrected chi connectivity index (χ1v) is 8.73. The van der Waals surface area contributed by atoms with Crippen LogP contribution in [0.3, 0.4) is 0 Å². The minimum absolute atomic E-state index is 0.00218. The van der Waals surface area contributed by atoms with Crippen molar-refractivity contribution in [2.75, 3.05) is 12.4 Å². The van der Waals surface area contributed by atoms with E-state index < -0.39 is 32.8 Å². The van der Waals surface area contributed by atoms with Crippen LogP contribution in [0.15, 0.2) is 33.8 Å². The summed E-state index contributed by atoms with van der Waals surface area (Å²) in [4.78, 5) is 12.3. The van der Waals surface area contributed by atoms with Gasteiger partial charge < -0.3 is 15.5 Å². The van der Waals surface area contributed by atoms with Gasteiger partial charge in [-0.25, -0.2) is 13.1 Å². The number of benzene rings is 1. The number of furan rings is 1. The highest BCUT2D eigenvalue weighted by Gasteiger charge is 2.31.